The number of nitrogens with zero attached hydrogens (tertiary/aromatic N) is 4. The quantitative estimate of drug-likeness (QED) is 0.272. The molecular weight excluding hydrogens is 521 g/mol. The van der Waals surface area contributed by atoms with Crippen LogP contribution in [0.5, 0.6) is 0 Å². The summed E-state index contributed by atoms with van der Waals surface area (Å²) < 4.78 is 39.4. The second-order valence-corrected chi connectivity index (χ2v) is 9.05. The van der Waals surface area contributed by atoms with Crippen LogP contribution in [0.4, 0.5) is 19.0 Å². The highest BCUT2D eigenvalue weighted by Crippen LogP contribution is 2.31. The second kappa shape index (κ2) is 12.4. The van der Waals surface area contributed by atoms with Gasteiger partial charge in [-0.25, -0.2) is 15.0 Å². The minimum Gasteiger partial charge on any atom is -0.367 e. The van der Waals surface area contributed by atoms with Gasteiger partial charge in [0, 0.05) is 26.2 Å². The molecule has 2 aromatic heterocycles. The van der Waals surface area contributed by atoms with Gasteiger partial charge < -0.3 is 21.4 Å². The number of allylic oxidation sites excluding steroid dienone is 1. The van der Waals surface area contributed by atoms with E-state index in [9.17, 15) is 18.0 Å². The summed E-state index contributed by atoms with van der Waals surface area (Å²) in [5, 5.41) is 5.95. The molecule has 0 aliphatic rings. The number of anilines is 1. The Hall–Kier alpha value is -3.51. The molecule has 0 saturated carbocycles. The van der Waals surface area contributed by atoms with Gasteiger partial charge in [0.15, 0.2) is 11.5 Å². The number of aliphatic imine (C=N–C) groups is 1. The summed E-state index contributed by atoms with van der Waals surface area (Å²) in [6.07, 6.45) is -0.674. The number of aromatic amines is 1. The van der Waals surface area contributed by atoms with Crippen molar-refractivity contribution in [2.24, 2.45) is 16.6 Å². The van der Waals surface area contributed by atoms with Crippen LogP contribution in [0.25, 0.3) is 11.0 Å². The summed E-state index contributed by atoms with van der Waals surface area (Å²) >= 11 is 6.35. The number of carbonyl (C=O) groups is 1. The minimum atomic E-state index is -4.47. The molecule has 0 aliphatic heterocycles. The topological polar surface area (TPSA) is 134 Å². The first-order valence-corrected chi connectivity index (χ1v) is 12.4. The van der Waals surface area contributed by atoms with Crippen LogP contribution in [0.2, 0.25) is 5.02 Å². The average molecular weight is 551 g/mol. The first-order chi connectivity index (χ1) is 18.0. The molecule has 0 aliphatic carbocycles. The van der Waals surface area contributed by atoms with Crippen LogP contribution in [0.3, 0.4) is 0 Å². The van der Waals surface area contributed by atoms with Crippen LogP contribution in [0, 0.1) is 5.92 Å². The number of amides is 1. The fraction of sp³-hybridized carbons (Fsp3) is 0.400. The summed E-state index contributed by atoms with van der Waals surface area (Å²) in [6, 6.07) is 2.86. The highest BCUT2D eigenvalue weighted by molar-refractivity contribution is 6.35. The van der Waals surface area contributed by atoms with Gasteiger partial charge in [0.1, 0.15) is 17.2 Å². The number of imidazole rings is 1. The van der Waals surface area contributed by atoms with E-state index in [4.69, 9.17) is 17.3 Å². The average Bonchev–Trinajstić information content (AvgIpc) is 3.31. The Morgan fingerprint density at radius 2 is 2.03 bits per heavy atom. The fourth-order valence-electron chi connectivity index (χ4n) is 3.82. The summed E-state index contributed by atoms with van der Waals surface area (Å²) in [5.41, 5.74) is 6.64. The molecule has 9 nitrogen and oxygen atoms in total. The van der Waals surface area contributed by atoms with Crippen molar-refractivity contribution >= 4 is 40.1 Å². The molecule has 1 aromatic carbocycles. The first-order valence-electron chi connectivity index (χ1n) is 12.0. The standard InChI is InChI=1S/C25H30ClF3N8O/c1-5-13(2)16(14(3)35-24(38)21-20(26)23(32-9-8-30)34-12-33-21)11-19(31-4)22-36-17-7-6-15(25(27,28)29)10-18(17)37-22/h6-7,10-14H,5,8-9,30H2,1-4H3,(H,35,38)(H,36,37)(H,32,33,34)/b16-11+,31-19+. The molecule has 13 heteroatoms. The number of hydrogen-bond acceptors (Lipinski definition) is 7. The molecule has 2 unspecified atom stereocenters. The third-order valence-corrected chi connectivity index (χ3v) is 6.42. The number of rotatable bonds is 10. The largest absolute Gasteiger partial charge is 0.416 e. The zero-order chi connectivity index (χ0) is 28.0. The van der Waals surface area contributed by atoms with E-state index in [-0.39, 0.29) is 22.2 Å². The molecule has 0 saturated heterocycles. The molecule has 38 heavy (non-hydrogen) atoms. The number of halogens is 4. The third-order valence-electron chi connectivity index (χ3n) is 6.07. The molecule has 3 rings (SSSR count). The molecule has 3 aromatic rings. The Labute approximate surface area is 223 Å². The molecule has 1 amide bonds. The van der Waals surface area contributed by atoms with Gasteiger partial charge in [0.25, 0.3) is 5.91 Å². The zero-order valence-electron chi connectivity index (χ0n) is 21.4. The highest BCUT2D eigenvalue weighted by Gasteiger charge is 2.31. The van der Waals surface area contributed by atoms with Gasteiger partial charge in [-0.1, -0.05) is 25.4 Å². The molecule has 0 spiro atoms. The number of aromatic nitrogens is 4. The maximum atomic E-state index is 13.1. The van der Waals surface area contributed by atoms with E-state index in [1.165, 1.54) is 12.4 Å². The fourth-order valence-corrected chi connectivity index (χ4v) is 4.07. The number of benzene rings is 1. The second-order valence-electron chi connectivity index (χ2n) is 8.67. The van der Waals surface area contributed by atoms with Gasteiger partial charge in [-0.15, -0.1) is 0 Å². The van der Waals surface area contributed by atoms with Gasteiger partial charge in [-0.2, -0.15) is 13.2 Å². The summed E-state index contributed by atoms with van der Waals surface area (Å²) in [5.74, 6) is 0.163. The Morgan fingerprint density at radius 3 is 2.66 bits per heavy atom. The Morgan fingerprint density at radius 1 is 1.29 bits per heavy atom. The van der Waals surface area contributed by atoms with E-state index in [2.05, 4.69) is 35.6 Å². The van der Waals surface area contributed by atoms with E-state index in [1.54, 1.807) is 13.1 Å². The lowest BCUT2D eigenvalue weighted by Crippen LogP contribution is -2.36. The van der Waals surface area contributed by atoms with Crippen molar-refractivity contribution in [1.82, 2.24) is 25.3 Å². The lowest BCUT2D eigenvalue weighted by Gasteiger charge is -2.23. The van der Waals surface area contributed by atoms with Crippen molar-refractivity contribution < 1.29 is 18.0 Å². The zero-order valence-corrected chi connectivity index (χ0v) is 22.2. The third kappa shape index (κ3) is 6.67. The van der Waals surface area contributed by atoms with Crippen LogP contribution >= 0.6 is 11.6 Å². The number of carbonyl (C=O) groups excluding carboxylic acids is 1. The molecule has 0 bridgehead atoms. The van der Waals surface area contributed by atoms with E-state index in [1.807, 2.05) is 20.8 Å². The van der Waals surface area contributed by atoms with Gasteiger partial charge in [0.2, 0.25) is 0 Å². The molecular formula is C25H30ClF3N8O. The van der Waals surface area contributed by atoms with Crippen LogP contribution in [0.15, 0.2) is 41.2 Å². The van der Waals surface area contributed by atoms with Crippen molar-refractivity contribution in [2.45, 2.75) is 39.4 Å². The Kier molecular flexibility index (Phi) is 9.45. The number of H-pyrrole nitrogens is 1. The smallest absolute Gasteiger partial charge is 0.367 e. The predicted octanol–water partition coefficient (Wildman–Crippen LogP) is 4.61. The first kappa shape index (κ1) is 29.1. The van der Waals surface area contributed by atoms with Crippen molar-refractivity contribution in [1.29, 1.82) is 0 Å². The molecule has 204 valence electrons. The van der Waals surface area contributed by atoms with Crippen LogP contribution < -0.4 is 16.4 Å². The summed E-state index contributed by atoms with van der Waals surface area (Å²) in [6.45, 7) is 6.61. The maximum Gasteiger partial charge on any atom is 0.416 e. The van der Waals surface area contributed by atoms with E-state index < -0.39 is 23.7 Å². The molecule has 0 radical (unpaired) electrons. The molecule has 0 fully saturated rings. The summed E-state index contributed by atoms with van der Waals surface area (Å²) in [4.78, 5) is 32.8. The van der Waals surface area contributed by atoms with Crippen molar-refractivity contribution in [3.05, 3.63) is 58.3 Å². The normalized spacial score (nSPS) is 14.4. The van der Waals surface area contributed by atoms with Crippen molar-refractivity contribution in [3.8, 4) is 0 Å². The minimum absolute atomic E-state index is 0.0127. The van der Waals surface area contributed by atoms with Gasteiger partial charge in [-0.05, 0) is 49.1 Å². The SMILES string of the molecule is CCC(C)/C(=C\C(=N/C)c1nc2ccc(C(F)(F)F)cc2[nH]1)C(C)NC(=O)c1ncnc(NCCN)c1Cl. The van der Waals surface area contributed by atoms with Crippen LogP contribution in [-0.4, -0.2) is 57.7 Å². The monoisotopic (exact) mass is 550 g/mol. The van der Waals surface area contributed by atoms with Crippen LogP contribution in [0.1, 0.15) is 49.1 Å². The van der Waals surface area contributed by atoms with Gasteiger partial charge in [-0.3, -0.25) is 9.79 Å². The lowest BCUT2D eigenvalue weighted by atomic mass is 9.91. The number of alkyl halides is 3. The maximum absolute atomic E-state index is 13.1. The van der Waals surface area contributed by atoms with Gasteiger partial charge >= 0.3 is 6.18 Å². The van der Waals surface area contributed by atoms with Crippen molar-refractivity contribution in [2.75, 3.05) is 25.5 Å². The molecule has 2 heterocycles. The number of nitrogens with two attached hydrogens (primary N) is 1. The van der Waals surface area contributed by atoms with E-state index >= 15 is 0 Å². The number of fused-ring (bicyclic) bond motifs is 1. The molecule has 5 N–H and O–H groups in total. The van der Waals surface area contributed by atoms with Crippen LogP contribution in [-0.2, 0) is 6.18 Å². The Bertz CT molecular complexity index is 1350. The van der Waals surface area contributed by atoms with E-state index in [0.717, 1.165) is 24.1 Å². The Balaban J connectivity index is 1.91. The summed E-state index contributed by atoms with van der Waals surface area (Å²) in [7, 11) is 1.56. The molecule has 2 atom stereocenters. The lowest BCUT2D eigenvalue weighted by molar-refractivity contribution is -0.137. The predicted molar refractivity (Wildman–Crippen MR) is 143 cm³/mol. The number of nitrogens with one attached hydrogen (secondary N) is 3. The van der Waals surface area contributed by atoms with Gasteiger partial charge in [0.05, 0.1) is 22.3 Å². The van der Waals surface area contributed by atoms with E-state index in [0.29, 0.717) is 36.0 Å². The number of hydrogen-bond donors (Lipinski definition) is 4. The highest BCUT2D eigenvalue weighted by atomic mass is 35.5. The van der Waals surface area contributed by atoms with Crippen molar-refractivity contribution in [3.63, 3.8) is 0 Å².